The summed E-state index contributed by atoms with van der Waals surface area (Å²) in [6.45, 7) is 16.1. The van der Waals surface area contributed by atoms with Crippen LogP contribution >= 0.6 is 0 Å². The Morgan fingerprint density at radius 3 is 1.59 bits per heavy atom. The van der Waals surface area contributed by atoms with Crippen molar-refractivity contribution in [1.82, 2.24) is 9.80 Å². The first-order valence-electron chi connectivity index (χ1n) is 7.04. The van der Waals surface area contributed by atoms with Crippen molar-refractivity contribution < 1.29 is 4.74 Å². The highest BCUT2D eigenvalue weighted by Gasteiger charge is 2.46. The van der Waals surface area contributed by atoms with Gasteiger partial charge >= 0.3 is 0 Å². The van der Waals surface area contributed by atoms with E-state index in [2.05, 4.69) is 37.5 Å². The van der Waals surface area contributed by atoms with Gasteiger partial charge in [-0.2, -0.15) is 0 Å². The van der Waals surface area contributed by atoms with Crippen LogP contribution in [0.15, 0.2) is 0 Å². The lowest BCUT2D eigenvalue weighted by Crippen LogP contribution is -2.66. The first-order chi connectivity index (χ1) is 7.96. The van der Waals surface area contributed by atoms with Gasteiger partial charge in [-0.3, -0.25) is 9.80 Å². The maximum Gasteiger partial charge on any atom is 0.0594 e. The summed E-state index contributed by atoms with van der Waals surface area (Å²) in [6.07, 6.45) is 2.73. The largest absolute Gasteiger partial charge is 0.379 e. The molecule has 0 aromatic carbocycles. The van der Waals surface area contributed by atoms with E-state index in [1.165, 1.54) is 25.9 Å². The molecular weight excluding hydrogens is 212 g/mol. The van der Waals surface area contributed by atoms with E-state index in [-0.39, 0.29) is 11.1 Å². The fraction of sp³-hybridized carbons (Fsp3) is 1.00. The Labute approximate surface area is 106 Å². The summed E-state index contributed by atoms with van der Waals surface area (Å²) in [5, 5.41) is 0. The van der Waals surface area contributed by atoms with Crippen molar-refractivity contribution in [2.24, 2.45) is 0 Å². The molecule has 0 saturated carbocycles. The van der Waals surface area contributed by atoms with E-state index < -0.39 is 0 Å². The molecule has 0 aliphatic carbocycles. The molecule has 0 radical (unpaired) electrons. The standard InChI is InChI=1S/C14H28N2O/c1-13(2,15-7-5-6-8-15)14(3,4)16-9-11-17-12-10-16/h5-12H2,1-4H3. The van der Waals surface area contributed by atoms with Gasteiger partial charge in [0.2, 0.25) is 0 Å². The molecule has 17 heavy (non-hydrogen) atoms. The van der Waals surface area contributed by atoms with Crippen LogP contribution in [0.3, 0.4) is 0 Å². The molecule has 3 nitrogen and oxygen atoms in total. The summed E-state index contributed by atoms with van der Waals surface area (Å²) in [7, 11) is 0. The Balaban J connectivity index is 2.10. The molecule has 0 atom stereocenters. The molecule has 0 aromatic heterocycles. The second kappa shape index (κ2) is 4.87. The Kier molecular flexibility index (Phi) is 3.81. The molecular formula is C14H28N2O. The zero-order chi connectivity index (χ0) is 12.5. The van der Waals surface area contributed by atoms with E-state index >= 15 is 0 Å². The fourth-order valence-electron chi connectivity index (χ4n) is 3.17. The summed E-state index contributed by atoms with van der Waals surface area (Å²) in [6, 6.07) is 0. The van der Waals surface area contributed by atoms with Gasteiger partial charge in [0.1, 0.15) is 0 Å². The summed E-state index contributed by atoms with van der Waals surface area (Å²) in [5.74, 6) is 0. The number of likely N-dealkylation sites (tertiary alicyclic amines) is 1. The summed E-state index contributed by atoms with van der Waals surface area (Å²) < 4.78 is 5.48. The van der Waals surface area contributed by atoms with Gasteiger partial charge in [-0.05, 0) is 53.6 Å². The molecule has 2 heterocycles. The number of nitrogens with zero attached hydrogens (tertiary/aromatic N) is 2. The predicted molar refractivity (Wildman–Crippen MR) is 71.4 cm³/mol. The van der Waals surface area contributed by atoms with E-state index in [1.54, 1.807) is 0 Å². The van der Waals surface area contributed by atoms with Crippen molar-refractivity contribution >= 4 is 0 Å². The van der Waals surface area contributed by atoms with Crippen molar-refractivity contribution in [2.75, 3.05) is 39.4 Å². The molecule has 0 unspecified atom stereocenters. The van der Waals surface area contributed by atoms with Crippen molar-refractivity contribution in [3.05, 3.63) is 0 Å². The van der Waals surface area contributed by atoms with Crippen LogP contribution in [0.1, 0.15) is 40.5 Å². The van der Waals surface area contributed by atoms with E-state index in [0.29, 0.717) is 0 Å². The molecule has 0 N–H and O–H groups in total. The van der Waals surface area contributed by atoms with Gasteiger partial charge < -0.3 is 4.74 Å². The summed E-state index contributed by atoms with van der Waals surface area (Å²) in [4.78, 5) is 5.28. The van der Waals surface area contributed by atoms with E-state index in [0.717, 1.165) is 26.3 Å². The minimum absolute atomic E-state index is 0.209. The van der Waals surface area contributed by atoms with Gasteiger partial charge in [-0.25, -0.2) is 0 Å². The maximum absolute atomic E-state index is 5.48. The lowest BCUT2D eigenvalue weighted by Gasteiger charge is -2.54. The van der Waals surface area contributed by atoms with Crippen LogP contribution in [0.5, 0.6) is 0 Å². The molecule has 0 amide bonds. The van der Waals surface area contributed by atoms with Gasteiger partial charge in [0.15, 0.2) is 0 Å². The number of hydrogen-bond acceptors (Lipinski definition) is 3. The molecule has 0 spiro atoms. The molecule has 2 rings (SSSR count). The van der Waals surface area contributed by atoms with Crippen LogP contribution in [-0.4, -0.2) is 60.3 Å². The van der Waals surface area contributed by atoms with Crippen LogP contribution in [0, 0.1) is 0 Å². The molecule has 2 fully saturated rings. The summed E-state index contributed by atoms with van der Waals surface area (Å²) in [5.41, 5.74) is 0.446. The number of morpholine rings is 1. The second-order valence-electron chi connectivity index (χ2n) is 6.41. The number of ether oxygens (including phenoxy) is 1. The SMILES string of the molecule is CC(C)(N1CCCC1)C(C)(C)N1CCOCC1. The molecule has 3 heteroatoms. The predicted octanol–water partition coefficient (Wildman–Crippen LogP) is 1.97. The molecule has 2 saturated heterocycles. The smallest absolute Gasteiger partial charge is 0.0594 e. The third-order valence-corrected chi connectivity index (χ3v) is 5.20. The first-order valence-corrected chi connectivity index (χ1v) is 7.04. The highest BCUT2D eigenvalue weighted by atomic mass is 16.5. The second-order valence-corrected chi connectivity index (χ2v) is 6.41. The van der Waals surface area contributed by atoms with Gasteiger partial charge in [-0.15, -0.1) is 0 Å². The molecule has 100 valence electrons. The fourth-order valence-corrected chi connectivity index (χ4v) is 3.17. The van der Waals surface area contributed by atoms with Crippen molar-refractivity contribution in [1.29, 1.82) is 0 Å². The van der Waals surface area contributed by atoms with Crippen molar-refractivity contribution in [2.45, 2.75) is 51.6 Å². The zero-order valence-corrected chi connectivity index (χ0v) is 12.0. The lowest BCUT2D eigenvalue weighted by molar-refractivity contribution is -0.0719. The molecule has 0 bridgehead atoms. The summed E-state index contributed by atoms with van der Waals surface area (Å²) >= 11 is 0. The van der Waals surface area contributed by atoms with Gasteiger partial charge in [0.05, 0.1) is 13.2 Å². The monoisotopic (exact) mass is 240 g/mol. The normalized spacial score (nSPS) is 25.4. The van der Waals surface area contributed by atoms with E-state index in [9.17, 15) is 0 Å². The molecule has 2 aliphatic heterocycles. The zero-order valence-electron chi connectivity index (χ0n) is 12.0. The Bertz CT molecular complexity index is 251. The molecule has 2 aliphatic rings. The number of rotatable bonds is 3. The van der Waals surface area contributed by atoms with Crippen molar-refractivity contribution in [3.63, 3.8) is 0 Å². The van der Waals surface area contributed by atoms with Gasteiger partial charge in [0.25, 0.3) is 0 Å². The van der Waals surface area contributed by atoms with Gasteiger partial charge in [-0.1, -0.05) is 0 Å². The Morgan fingerprint density at radius 2 is 1.12 bits per heavy atom. The minimum Gasteiger partial charge on any atom is -0.379 e. The highest BCUT2D eigenvalue weighted by molar-refractivity contribution is 5.04. The Morgan fingerprint density at radius 1 is 0.706 bits per heavy atom. The van der Waals surface area contributed by atoms with Crippen LogP contribution in [0.4, 0.5) is 0 Å². The third-order valence-electron chi connectivity index (χ3n) is 5.20. The Hall–Kier alpha value is -0.120. The lowest BCUT2D eigenvalue weighted by atomic mass is 9.79. The van der Waals surface area contributed by atoms with Crippen LogP contribution in [0.2, 0.25) is 0 Å². The maximum atomic E-state index is 5.48. The first kappa shape index (κ1) is 13.3. The van der Waals surface area contributed by atoms with Crippen LogP contribution < -0.4 is 0 Å². The number of hydrogen-bond donors (Lipinski definition) is 0. The molecule has 0 aromatic rings. The van der Waals surface area contributed by atoms with Crippen molar-refractivity contribution in [3.8, 4) is 0 Å². The average Bonchev–Trinajstić information content (AvgIpc) is 2.84. The average molecular weight is 240 g/mol. The minimum atomic E-state index is 0.209. The topological polar surface area (TPSA) is 15.7 Å². The van der Waals surface area contributed by atoms with Crippen LogP contribution in [-0.2, 0) is 4.74 Å². The van der Waals surface area contributed by atoms with E-state index in [1.807, 2.05) is 0 Å². The third kappa shape index (κ3) is 2.38. The van der Waals surface area contributed by atoms with E-state index in [4.69, 9.17) is 4.74 Å². The van der Waals surface area contributed by atoms with Crippen LogP contribution in [0.25, 0.3) is 0 Å². The van der Waals surface area contributed by atoms with Gasteiger partial charge in [0, 0.05) is 24.2 Å². The highest BCUT2D eigenvalue weighted by Crippen LogP contribution is 2.35. The quantitative estimate of drug-likeness (QED) is 0.750.